The molecule has 3 rings (SSSR count). The maximum Gasteiger partial charge on any atom is 0.258 e. The van der Waals surface area contributed by atoms with Crippen LogP contribution in [-0.4, -0.2) is 47.0 Å². The van der Waals surface area contributed by atoms with E-state index in [1.54, 1.807) is 6.07 Å². The van der Waals surface area contributed by atoms with Crippen LogP contribution in [0.4, 0.5) is 0 Å². The molecule has 1 amide bonds. The number of hydrogen-bond donors (Lipinski definition) is 2. The summed E-state index contributed by atoms with van der Waals surface area (Å²) in [7, 11) is 4.22. The van der Waals surface area contributed by atoms with Gasteiger partial charge in [0.15, 0.2) is 0 Å². The van der Waals surface area contributed by atoms with Gasteiger partial charge in [-0.3, -0.25) is 9.59 Å². The normalized spacial score (nSPS) is 17.0. The maximum absolute atomic E-state index is 12.4. The minimum atomic E-state index is -0.152. The molecule has 0 spiro atoms. The number of hydrogen-bond acceptors (Lipinski definition) is 4. The molecular weight excluding hydrogens is 340 g/mol. The average molecular weight is 370 g/mol. The highest BCUT2D eigenvalue weighted by Gasteiger charge is 2.33. The van der Waals surface area contributed by atoms with E-state index in [4.69, 9.17) is 0 Å². The lowest BCUT2D eigenvalue weighted by atomic mass is 9.88. The molecule has 1 aliphatic carbocycles. The Bertz CT molecular complexity index is 835. The Morgan fingerprint density at radius 1 is 1.19 bits per heavy atom. The number of benzene rings is 1. The van der Waals surface area contributed by atoms with Gasteiger partial charge in [-0.25, -0.2) is 4.98 Å². The molecule has 1 fully saturated rings. The standard InChI is InChI=1S/C21H30N4O2/c1-25(2)21(13-7-3-4-8-14-21)15-22-19(26)12-11-18-23-17-10-6-5-9-16(17)20(27)24-18/h5-6,9-10H,3-4,7-8,11-15H2,1-2H3,(H,22,26)(H,23,24,27). The summed E-state index contributed by atoms with van der Waals surface area (Å²) in [6, 6.07) is 7.26. The quantitative estimate of drug-likeness (QED) is 0.766. The van der Waals surface area contributed by atoms with Crippen LogP contribution in [0.5, 0.6) is 0 Å². The minimum absolute atomic E-state index is 0.0104. The van der Waals surface area contributed by atoms with Crippen LogP contribution >= 0.6 is 0 Å². The second-order valence-corrected chi connectivity index (χ2v) is 7.84. The van der Waals surface area contributed by atoms with Crippen LogP contribution < -0.4 is 10.9 Å². The number of likely N-dealkylation sites (N-methyl/N-ethyl adjacent to an activating group) is 1. The third kappa shape index (κ3) is 4.75. The van der Waals surface area contributed by atoms with Crippen LogP contribution in [0.2, 0.25) is 0 Å². The van der Waals surface area contributed by atoms with Gasteiger partial charge in [0.2, 0.25) is 5.91 Å². The molecule has 0 saturated heterocycles. The van der Waals surface area contributed by atoms with Gasteiger partial charge in [0, 0.05) is 24.9 Å². The van der Waals surface area contributed by atoms with E-state index in [1.165, 1.54) is 25.7 Å². The lowest BCUT2D eigenvalue weighted by Crippen LogP contribution is -2.52. The molecule has 6 heteroatoms. The molecule has 0 atom stereocenters. The van der Waals surface area contributed by atoms with Crippen molar-refractivity contribution in [3.63, 3.8) is 0 Å². The van der Waals surface area contributed by atoms with E-state index >= 15 is 0 Å². The summed E-state index contributed by atoms with van der Waals surface area (Å²) >= 11 is 0. The molecule has 1 saturated carbocycles. The number of para-hydroxylation sites is 1. The SMILES string of the molecule is CN(C)C1(CNC(=O)CCc2nc3ccccc3c(=O)[nH]2)CCCCCC1. The Hall–Kier alpha value is -2.21. The van der Waals surface area contributed by atoms with Crippen LogP contribution in [0, 0.1) is 0 Å². The molecule has 0 radical (unpaired) electrons. The van der Waals surface area contributed by atoms with Gasteiger partial charge in [0.25, 0.3) is 5.56 Å². The number of nitrogens with zero attached hydrogens (tertiary/aromatic N) is 2. The Balaban J connectivity index is 1.58. The monoisotopic (exact) mass is 370 g/mol. The van der Waals surface area contributed by atoms with Crippen molar-refractivity contribution >= 4 is 16.8 Å². The van der Waals surface area contributed by atoms with Gasteiger partial charge in [-0.05, 0) is 39.1 Å². The Labute approximate surface area is 160 Å². The van der Waals surface area contributed by atoms with Gasteiger partial charge in [-0.1, -0.05) is 37.8 Å². The number of rotatable bonds is 6. The van der Waals surface area contributed by atoms with Crippen LogP contribution in [0.15, 0.2) is 29.1 Å². The summed E-state index contributed by atoms with van der Waals surface area (Å²) in [5, 5.41) is 3.70. The molecule has 27 heavy (non-hydrogen) atoms. The number of fused-ring (bicyclic) bond motifs is 1. The predicted molar refractivity (Wildman–Crippen MR) is 108 cm³/mol. The van der Waals surface area contributed by atoms with E-state index < -0.39 is 0 Å². The molecule has 2 aromatic rings. The van der Waals surface area contributed by atoms with Crippen molar-refractivity contribution in [1.82, 2.24) is 20.2 Å². The fraction of sp³-hybridized carbons (Fsp3) is 0.571. The first-order chi connectivity index (χ1) is 13.0. The van der Waals surface area contributed by atoms with Crippen molar-refractivity contribution in [3.05, 3.63) is 40.4 Å². The van der Waals surface area contributed by atoms with Crippen molar-refractivity contribution in [3.8, 4) is 0 Å². The molecule has 6 nitrogen and oxygen atoms in total. The second-order valence-electron chi connectivity index (χ2n) is 7.84. The highest BCUT2D eigenvalue weighted by Crippen LogP contribution is 2.30. The molecule has 1 aliphatic rings. The summed E-state index contributed by atoms with van der Waals surface area (Å²) in [6.45, 7) is 0.681. The summed E-state index contributed by atoms with van der Waals surface area (Å²) < 4.78 is 0. The average Bonchev–Trinajstić information content (AvgIpc) is 2.91. The number of H-pyrrole nitrogens is 1. The zero-order valence-electron chi connectivity index (χ0n) is 16.4. The van der Waals surface area contributed by atoms with E-state index in [0.29, 0.717) is 36.1 Å². The third-order valence-corrected chi connectivity index (χ3v) is 5.85. The van der Waals surface area contributed by atoms with Crippen LogP contribution in [0.1, 0.15) is 50.8 Å². The smallest absolute Gasteiger partial charge is 0.258 e. The summed E-state index contributed by atoms with van der Waals surface area (Å²) in [5.74, 6) is 0.571. The molecule has 0 unspecified atom stereocenters. The van der Waals surface area contributed by atoms with Gasteiger partial charge < -0.3 is 15.2 Å². The lowest BCUT2D eigenvalue weighted by Gasteiger charge is -2.39. The van der Waals surface area contributed by atoms with Crippen molar-refractivity contribution in [2.45, 2.75) is 56.9 Å². The van der Waals surface area contributed by atoms with Crippen LogP contribution in [0.25, 0.3) is 10.9 Å². The number of nitrogens with one attached hydrogen (secondary N) is 2. The van der Waals surface area contributed by atoms with E-state index in [2.05, 4.69) is 34.3 Å². The van der Waals surface area contributed by atoms with E-state index in [1.807, 2.05) is 18.2 Å². The second kappa shape index (κ2) is 8.65. The molecule has 1 aromatic carbocycles. The van der Waals surface area contributed by atoms with Crippen LogP contribution in [-0.2, 0) is 11.2 Å². The van der Waals surface area contributed by atoms with Gasteiger partial charge in [-0.2, -0.15) is 0 Å². The summed E-state index contributed by atoms with van der Waals surface area (Å²) in [6.07, 6.45) is 8.01. The maximum atomic E-state index is 12.4. The summed E-state index contributed by atoms with van der Waals surface area (Å²) in [5.41, 5.74) is 0.574. The highest BCUT2D eigenvalue weighted by molar-refractivity contribution is 5.78. The molecule has 2 N–H and O–H groups in total. The van der Waals surface area contributed by atoms with Gasteiger partial charge in [-0.15, -0.1) is 0 Å². The minimum Gasteiger partial charge on any atom is -0.354 e. The molecule has 0 aliphatic heterocycles. The third-order valence-electron chi connectivity index (χ3n) is 5.85. The van der Waals surface area contributed by atoms with Gasteiger partial charge >= 0.3 is 0 Å². The van der Waals surface area contributed by atoms with Crippen molar-refractivity contribution in [2.75, 3.05) is 20.6 Å². The lowest BCUT2D eigenvalue weighted by molar-refractivity contribution is -0.121. The molecule has 146 valence electrons. The largest absolute Gasteiger partial charge is 0.354 e. The Morgan fingerprint density at radius 3 is 2.59 bits per heavy atom. The molecule has 0 bridgehead atoms. The predicted octanol–water partition coefficient (Wildman–Crippen LogP) is 2.63. The number of carbonyl (C=O) groups is 1. The van der Waals surface area contributed by atoms with Crippen molar-refractivity contribution in [1.29, 1.82) is 0 Å². The molecular formula is C21H30N4O2. The first-order valence-corrected chi connectivity index (χ1v) is 9.92. The fourth-order valence-electron chi connectivity index (χ4n) is 4.01. The zero-order chi connectivity index (χ0) is 19.3. The molecule has 1 heterocycles. The molecule has 1 aromatic heterocycles. The van der Waals surface area contributed by atoms with Crippen molar-refractivity contribution < 1.29 is 4.79 Å². The Morgan fingerprint density at radius 2 is 1.89 bits per heavy atom. The number of aryl methyl sites for hydroxylation is 1. The first kappa shape index (κ1) is 19.5. The number of amides is 1. The van der Waals surface area contributed by atoms with Gasteiger partial charge in [0.05, 0.1) is 10.9 Å². The number of aromatic nitrogens is 2. The summed E-state index contributed by atoms with van der Waals surface area (Å²) in [4.78, 5) is 34.1. The number of aromatic amines is 1. The number of carbonyl (C=O) groups excluding carboxylic acids is 1. The zero-order valence-corrected chi connectivity index (χ0v) is 16.4. The van der Waals surface area contributed by atoms with Gasteiger partial charge in [0.1, 0.15) is 5.82 Å². The van der Waals surface area contributed by atoms with E-state index in [9.17, 15) is 9.59 Å². The van der Waals surface area contributed by atoms with E-state index in [-0.39, 0.29) is 17.0 Å². The Kier molecular flexibility index (Phi) is 6.26. The van der Waals surface area contributed by atoms with Crippen LogP contribution in [0.3, 0.4) is 0 Å². The van der Waals surface area contributed by atoms with Crippen molar-refractivity contribution in [2.24, 2.45) is 0 Å². The van der Waals surface area contributed by atoms with E-state index in [0.717, 1.165) is 12.8 Å². The fourth-order valence-corrected chi connectivity index (χ4v) is 4.01. The highest BCUT2D eigenvalue weighted by atomic mass is 16.1. The first-order valence-electron chi connectivity index (χ1n) is 9.92. The topological polar surface area (TPSA) is 78.1 Å².